The summed E-state index contributed by atoms with van der Waals surface area (Å²) in [6, 6.07) is 10.2. The molecule has 0 saturated carbocycles. The molecular formula is C15H15N9. The van der Waals surface area contributed by atoms with E-state index in [1.54, 1.807) is 10.8 Å². The third-order valence-electron chi connectivity index (χ3n) is 4.49. The lowest BCUT2D eigenvalue weighted by Crippen LogP contribution is -2.59. The molecule has 4 aromatic rings. The van der Waals surface area contributed by atoms with Crippen molar-refractivity contribution in [3.63, 3.8) is 0 Å². The zero-order chi connectivity index (χ0) is 16.1. The lowest BCUT2D eigenvalue weighted by Gasteiger charge is -2.44. The largest absolute Gasteiger partial charge is 0.351 e. The van der Waals surface area contributed by atoms with Crippen LogP contribution in [0.2, 0.25) is 0 Å². The normalized spacial score (nSPS) is 15.1. The number of fused-ring (bicyclic) bond motifs is 2. The average Bonchev–Trinajstić information content (AvgIpc) is 3.19. The Balaban J connectivity index is 1.35. The zero-order valence-corrected chi connectivity index (χ0v) is 13.1. The Bertz CT molecular complexity index is 1010. The molecular weight excluding hydrogens is 306 g/mol. The summed E-state index contributed by atoms with van der Waals surface area (Å²) in [7, 11) is 2.06. The quantitative estimate of drug-likeness (QED) is 0.543. The standard InChI is InChI=1S/C15H15N9/c1-21(15-19-18-12-4-2-3-7-23(12)15)11-8-22(9-11)14-6-5-13-17-16-10-24(13)20-14/h2-7,10-11H,8-9H2,1H3. The summed E-state index contributed by atoms with van der Waals surface area (Å²) in [6.45, 7) is 1.78. The molecule has 1 fully saturated rings. The lowest BCUT2D eigenvalue weighted by molar-refractivity contribution is 0.483. The summed E-state index contributed by atoms with van der Waals surface area (Å²) in [5.74, 6) is 1.79. The van der Waals surface area contributed by atoms with Crippen LogP contribution >= 0.6 is 0 Å². The Hall–Kier alpha value is -3.23. The molecule has 0 spiro atoms. The summed E-state index contributed by atoms with van der Waals surface area (Å²) in [5.41, 5.74) is 1.61. The molecule has 1 aliphatic rings. The van der Waals surface area contributed by atoms with E-state index >= 15 is 0 Å². The van der Waals surface area contributed by atoms with E-state index in [1.807, 2.05) is 40.9 Å². The van der Waals surface area contributed by atoms with Gasteiger partial charge in [0.15, 0.2) is 11.3 Å². The van der Waals surface area contributed by atoms with Crippen molar-refractivity contribution in [2.24, 2.45) is 0 Å². The van der Waals surface area contributed by atoms with Gasteiger partial charge in [0.2, 0.25) is 5.95 Å². The number of aromatic nitrogens is 7. The third kappa shape index (κ3) is 1.91. The summed E-state index contributed by atoms with van der Waals surface area (Å²) in [5, 5.41) is 20.9. The topological polar surface area (TPSA) is 79.8 Å². The highest BCUT2D eigenvalue weighted by atomic mass is 15.4. The van der Waals surface area contributed by atoms with Crippen molar-refractivity contribution in [1.82, 2.24) is 34.4 Å². The van der Waals surface area contributed by atoms with Gasteiger partial charge >= 0.3 is 0 Å². The number of hydrogen-bond donors (Lipinski definition) is 0. The van der Waals surface area contributed by atoms with Gasteiger partial charge in [0, 0.05) is 26.3 Å². The molecule has 120 valence electrons. The second-order valence-electron chi connectivity index (χ2n) is 5.92. The molecule has 5 heterocycles. The number of rotatable bonds is 3. The fourth-order valence-electron chi connectivity index (χ4n) is 3.01. The number of likely N-dealkylation sites (N-methyl/N-ethyl adjacent to an activating group) is 1. The van der Waals surface area contributed by atoms with Gasteiger partial charge in [0.25, 0.3) is 0 Å². The maximum atomic E-state index is 4.53. The predicted octanol–water partition coefficient (Wildman–Crippen LogP) is 0.492. The van der Waals surface area contributed by atoms with Gasteiger partial charge in [0.1, 0.15) is 12.1 Å². The van der Waals surface area contributed by atoms with Crippen LogP contribution in [0.15, 0.2) is 42.9 Å². The number of hydrogen-bond acceptors (Lipinski definition) is 7. The fraction of sp³-hybridized carbons (Fsp3) is 0.267. The van der Waals surface area contributed by atoms with Gasteiger partial charge in [-0.15, -0.1) is 25.5 Å². The monoisotopic (exact) mass is 321 g/mol. The van der Waals surface area contributed by atoms with Crippen molar-refractivity contribution in [1.29, 1.82) is 0 Å². The first-order chi connectivity index (χ1) is 11.8. The first-order valence-electron chi connectivity index (χ1n) is 7.74. The molecule has 0 aromatic carbocycles. The van der Waals surface area contributed by atoms with Gasteiger partial charge < -0.3 is 9.80 Å². The van der Waals surface area contributed by atoms with Crippen LogP contribution in [-0.2, 0) is 0 Å². The van der Waals surface area contributed by atoms with E-state index in [0.29, 0.717) is 6.04 Å². The molecule has 0 atom stereocenters. The lowest BCUT2D eigenvalue weighted by atomic mass is 10.1. The first kappa shape index (κ1) is 13.2. The van der Waals surface area contributed by atoms with E-state index in [9.17, 15) is 0 Å². The highest BCUT2D eigenvalue weighted by Crippen LogP contribution is 2.24. The molecule has 0 radical (unpaired) electrons. The highest BCUT2D eigenvalue weighted by molar-refractivity contribution is 5.51. The Kier molecular flexibility index (Phi) is 2.69. The Morgan fingerprint density at radius 3 is 2.88 bits per heavy atom. The smallest absolute Gasteiger partial charge is 0.231 e. The van der Waals surface area contributed by atoms with Gasteiger partial charge in [-0.3, -0.25) is 4.40 Å². The maximum absolute atomic E-state index is 4.53. The van der Waals surface area contributed by atoms with E-state index in [2.05, 4.69) is 42.3 Å². The Labute approximate surface area is 137 Å². The summed E-state index contributed by atoms with van der Waals surface area (Å²) in [6.07, 6.45) is 3.60. The summed E-state index contributed by atoms with van der Waals surface area (Å²) in [4.78, 5) is 4.40. The van der Waals surface area contributed by atoms with Crippen molar-refractivity contribution < 1.29 is 0 Å². The van der Waals surface area contributed by atoms with Gasteiger partial charge in [-0.1, -0.05) is 6.07 Å². The maximum Gasteiger partial charge on any atom is 0.231 e. The van der Waals surface area contributed by atoms with Crippen LogP contribution in [0, 0.1) is 0 Å². The fourth-order valence-corrected chi connectivity index (χ4v) is 3.01. The summed E-state index contributed by atoms with van der Waals surface area (Å²) < 4.78 is 3.70. The minimum Gasteiger partial charge on any atom is -0.351 e. The van der Waals surface area contributed by atoms with Crippen LogP contribution in [0.3, 0.4) is 0 Å². The second-order valence-corrected chi connectivity index (χ2v) is 5.92. The van der Waals surface area contributed by atoms with Crippen LogP contribution in [0.5, 0.6) is 0 Å². The Morgan fingerprint density at radius 1 is 1.04 bits per heavy atom. The van der Waals surface area contributed by atoms with Crippen LogP contribution in [0.4, 0.5) is 11.8 Å². The molecule has 1 saturated heterocycles. The zero-order valence-electron chi connectivity index (χ0n) is 13.1. The highest BCUT2D eigenvalue weighted by Gasteiger charge is 2.33. The van der Waals surface area contributed by atoms with Gasteiger partial charge in [-0.25, -0.2) is 0 Å². The summed E-state index contributed by atoms with van der Waals surface area (Å²) >= 11 is 0. The molecule has 1 aliphatic heterocycles. The van der Waals surface area contributed by atoms with E-state index in [1.165, 1.54) is 0 Å². The van der Waals surface area contributed by atoms with Gasteiger partial charge in [-0.2, -0.15) is 4.52 Å². The van der Waals surface area contributed by atoms with E-state index in [4.69, 9.17) is 0 Å². The molecule has 5 rings (SSSR count). The number of pyridine rings is 1. The molecule has 24 heavy (non-hydrogen) atoms. The van der Waals surface area contributed by atoms with Gasteiger partial charge in [-0.05, 0) is 24.3 Å². The van der Waals surface area contributed by atoms with Crippen molar-refractivity contribution >= 4 is 23.1 Å². The molecule has 0 aliphatic carbocycles. The molecule has 0 bridgehead atoms. The van der Waals surface area contributed by atoms with Crippen molar-refractivity contribution in [2.75, 3.05) is 29.9 Å². The SMILES string of the molecule is CN(c1nnc2ccccn12)C1CN(c2ccc3nncn3n2)C1. The van der Waals surface area contributed by atoms with Crippen molar-refractivity contribution in [2.45, 2.75) is 6.04 Å². The van der Waals surface area contributed by atoms with E-state index in [0.717, 1.165) is 36.2 Å². The number of anilines is 2. The average molecular weight is 321 g/mol. The molecule has 4 aromatic heterocycles. The van der Waals surface area contributed by atoms with E-state index in [-0.39, 0.29) is 0 Å². The van der Waals surface area contributed by atoms with Crippen molar-refractivity contribution in [3.8, 4) is 0 Å². The van der Waals surface area contributed by atoms with E-state index < -0.39 is 0 Å². The molecule has 0 unspecified atom stereocenters. The molecule has 0 N–H and O–H groups in total. The minimum absolute atomic E-state index is 0.371. The van der Waals surface area contributed by atoms with Crippen LogP contribution in [0.25, 0.3) is 11.3 Å². The van der Waals surface area contributed by atoms with Crippen LogP contribution in [-0.4, -0.2) is 60.6 Å². The predicted molar refractivity (Wildman–Crippen MR) is 88.2 cm³/mol. The van der Waals surface area contributed by atoms with Gasteiger partial charge in [0.05, 0.1) is 6.04 Å². The molecule has 9 nitrogen and oxygen atoms in total. The Morgan fingerprint density at radius 2 is 1.96 bits per heavy atom. The van der Waals surface area contributed by atoms with Crippen molar-refractivity contribution in [3.05, 3.63) is 42.9 Å². The second kappa shape index (κ2) is 4.88. The minimum atomic E-state index is 0.371. The first-order valence-corrected chi connectivity index (χ1v) is 7.74. The van der Waals surface area contributed by atoms with Crippen LogP contribution in [0.1, 0.15) is 0 Å². The molecule has 0 amide bonds. The van der Waals surface area contributed by atoms with Crippen LogP contribution < -0.4 is 9.80 Å². The molecule has 9 heteroatoms. The number of nitrogens with zero attached hydrogens (tertiary/aromatic N) is 9. The third-order valence-corrected chi connectivity index (χ3v) is 4.49.